The summed E-state index contributed by atoms with van der Waals surface area (Å²) in [5.41, 5.74) is 5.71. The fourth-order valence-corrected chi connectivity index (χ4v) is 1.53. The van der Waals surface area contributed by atoms with E-state index in [0.717, 1.165) is 5.56 Å². The lowest BCUT2D eigenvalue weighted by atomic mass is 9.84. The van der Waals surface area contributed by atoms with Crippen LogP contribution in [0.25, 0.3) is 0 Å². The van der Waals surface area contributed by atoms with Crippen LogP contribution < -0.4 is 11.1 Å². The molecule has 0 fully saturated rings. The molecular weight excluding hydrogens is 224 g/mol. The molecular formula is C12H17ClN2O. The van der Waals surface area contributed by atoms with Crippen molar-refractivity contribution in [2.24, 2.45) is 5.73 Å². The van der Waals surface area contributed by atoms with Gasteiger partial charge in [0.1, 0.15) is 0 Å². The first kappa shape index (κ1) is 13.0. The van der Waals surface area contributed by atoms with Gasteiger partial charge in [0.2, 0.25) is 5.91 Å². The monoisotopic (exact) mass is 240 g/mol. The van der Waals surface area contributed by atoms with E-state index >= 15 is 0 Å². The molecule has 0 radical (unpaired) electrons. The predicted molar refractivity (Wildman–Crippen MR) is 66.5 cm³/mol. The minimum absolute atomic E-state index is 0.0275. The summed E-state index contributed by atoms with van der Waals surface area (Å²) in [5.74, 6) is -0.0275. The number of nitrogens with two attached hydrogens (primary N) is 1. The van der Waals surface area contributed by atoms with Crippen LogP contribution in [0.1, 0.15) is 19.4 Å². The summed E-state index contributed by atoms with van der Waals surface area (Å²) in [6.07, 6.45) is 0. The van der Waals surface area contributed by atoms with Crippen molar-refractivity contribution in [3.05, 3.63) is 34.9 Å². The highest BCUT2D eigenvalue weighted by Crippen LogP contribution is 2.24. The van der Waals surface area contributed by atoms with Crippen molar-refractivity contribution in [2.75, 3.05) is 13.1 Å². The number of benzene rings is 1. The minimum Gasteiger partial charge on any atom is -0.354 e. The summed E-state index contributed by atoms with van der Waals surface area (Å²) in [6.45, 7) is 4.70. The Morgan fingerprint density at radius 3 is 2.44 bits per heavy atom. The first-order valence-corrected chi connectivity index (χ1v) is 5.60. The summed E-state index contributed by atoms with van der Waals surface area (Å²) < 4.78 is 0. The summed E-state index contributed by atoms with van der Waals surface area (Å²) >= 11 is 5.81. The van der Waals surface area contributed by atoms with Crippen LogP contribution in [0, 0.1) is 0 Å². The van der Waals surface area contributed by atoms with Crippen LogP contribution in [-0.2, 0) is 10.2 Å². The topological polar surface area (TPSA) is 55.1 Å². The number of hydrogen-bond acceptors (Lipinski definition) is 2. The lowest BCUT2D eigenvalue weighted by molar-refractivity contribution is -0.125. The van der Waals surface area contributed by atoms with Crippen molar-refractivity contribution in [1.29, 1.82) is 0 Å². The van der Waals surface area contributed by atoms with Crippen molar-refractivity contribution in [1.82, 2.24) is 5.32 Å². The SMILES string of the molecule is CC(C)(C(=O)NCCN)c1ccc(Cl)cc1. The van der Waals surface area contributed by atoms with Crippen molar-refractivity contribution >= 4 is 17.5 Å². The van der Waals surface area contributed by atoms with Crippen LogP contribution in [0.15, 0.2) is 24.3 Å². The predicted octanol–water partition coefficient (Wildman–Crippen LogP) is 1.69. The fraction of sp³-hybridized carbons (Fsp3) is 0.417. The van der Waals surface area contributed by atoms with Gasteiger partial charge >= 0.3 is 0 Å². The minimum atomic E-state index is -0.570. The largest absolute Gasteiger partial charge is 0.354 e. The van der Waals surface area contributed by atoms with E-state index in [-0.39, 0.29) is 5.91 Å². The second-order valence-electron chi connectivity index (χ2n) is 4.18. The molecule has 16 heavy (non-hydrogen) atoms. The number of hydrogen-bond donors (Lipinski definition) is 2. The van der Waals surface area contributed by atoms with Gasteiger partial charge in [-0.25, -0.2) is 0 Å². The van der Waals surface area contributed by atoms with Gasteiger partial charge in [-0.15, -0.1) is 0 Å². The molecule has 1 aromatic rings. The van der Waals surface area contributed by atoms with E-state index in [1.54, 1.807) is 12.1 Å². The summed E-state index contributed by atoms with van der Waals surface area (Å²) in [7, 11) is 0. The molecule has 3 nitrogen and oxygen atoms in total. The van der Waals surface area contributed by atoms with E-state index < -0.39 is 5.41 Å². The maximum atomic E-state index is 11.9. The van der Waals surface area contributed by atoms with Crippen LogP contribution in [0.5, 0.6) is 0 Å². The standard InChI is InChI=1S/C12H17ClN2O/c1-12(2,11(16)15-8-7-14)9-3-5-10(13)6-4-9/h3-6H,7-8,14H2,1-2H3,(H,15,16). The molecule has 0 aliphatic rings. The molecule has 0 heterocycles. The Bertz CT molecular complexity index is 360. The molecule has 0 aliphatic carbocycles. The van der Waals surface area contributed by atoms with E-state index in [1.165, 1.54) is 0 Å². The summed E-state index contributed by atoms with van der Waals surface area (Å²) in [5, 5.41) is 3.46. The number of nitrogens with one attached hydrogen (secondary N) is 1. The number of amides is 1. The third-order valence-electron chi connectivity index (χ3n) is 2.56. The van der Waals surface area contributed by atoms with Crippen LogP contribution in [0.2, 0.25) is 5.02 Å². The van der Waals surface area contributed by atoms with Crippen molar-refractivity contribution in [3.63, 3.8) is 0 Å². The molecule has 0 aromatic heterocycles. The molecule has 0 saturated heterocycles. The zero-order valence-electron chi connectivity index (χ0n) is 9.59. The number of halogens is 1. The van der Waals surface area contributed by atoms with Crippen LogP contribution in [0.4, 0.5) is 0 Å². The quantitative estimate of drug-likeness (QED) is 0.842. The van der Waals surface area contributed by atoms with Crippen molar-refractivity contribution in [3.8, 4) is 0 Å². The Balaban J connectivity index is 2.83. The van der Waals surface area contributed by atoms with Gasteiger partial charge in [0.15, 0.2) is 0 Å². The second kappa shape index (κ2) is 5.32. The molecule has 1 aromatic carbocycles. The maximum Gasteiger partial charge on any atom is 0.230 e. The lowest BCUT2D eigenvalue weighted by Gasteiger charge is -2.24. The molecule has 1 rings (SSSR count). The fourth-order valence-electron chi connectivity index (χ4n) is 1.40. The second-order valence-corrected chi connectivity index (χ2v) is 4.61. The molecule has 88 valence electrons. The van der Waals surface area contributed by atoms with Gasteiger partial charge in [0.05, 0.1) is 5.41 Å². The molecule has 3 N–H and O–H groups in total. The summed E-state index contributed by atoms with van der Waals surface area (Å²) in [6, 6.07) is 7.30. The normalized spacial score (nSPS) is 11.2. The van der Waals surface area contributed by atoms with Crippen LogP contribution >= 0.6 is 11.6 Å². The number of rotatable bonds is 4. The van der Waals surface area contributed by atoms with E-state index in [2.05, 4.69) is 5.32 Å². The molecule has 0 aliphatic heterocycles. The average Bonchev–Trinajstić information content (AvgIpc) is 2.26. The first-order valence-electron chi connectivity index (χ1n) is 5.23. The Kier molecular flexibility index (Phi) is 4.33. The van der Waals surface area contributed by atoms with E-state index in [4.69, 9.17) is 17.3 Å². The molecule has 0 saturated carbocycles. The Labute approximate surface area is 101 Å². The zero-order valence-corrected chi connectivity index (χ0v) is 10.3. The Hall–Kier alpha value is -1.06. The molecule has 4 heteroatoms. The molecule has 0 atom stereocenters. The van der Waals surface area contributed by atoms with E-state index in [1.807, 2.05) is 26.0 Å². The van der Waals surface area contributed by atoms with Crippen LogP contribution in [0.3, 0.4) is 0 Å². The average molecular weight is 241 g/mol. The molecule has 0 unspecified atom stereocenters. The highest BCUT2D eigenvalue weighted by molar-refractivity contribution is 6.30. The highest BCUT2D eigenvalue weighted by atomic mass is 35.5. The number of carbonyl (C=O) groups is 1. The van der Waals surface area contributed by atoms with Gasteiger partial charge in [0, 0.05) is 18.1 Å². The van der Waals surface area contributed by atoms with Gasteiger partial charge in [-0.2, -0.15) is 0 Å². The van der Waals surface area contributed by atoms with Crippen molar-refractivity contribution < 1.29 is 4.79 Å². The van der Waals surface area contributed by atoms with Gasteiger partial charge in [-0.3, -0.25) is 4.79 Å². The van der Waals surface area contributed by atoms with Crippen LogP contribution in [-0.4, -0.2) is 19.0 Å². The Morgan fingerprint density at radius 2 is 1.94 bits per heavy atom. The maximum absolute atomic E-state index is 11.9. The first-order chi connectivity index (χ1) is 7.48. The van der Waals surface area contributed by atoms with Gasteiger partial charge in [0.25, 0.3) is 0 Å². The third kappa shape index (κ3) is 2.97. The Morgan fingerprint density at radius 1 is 1.38 bits per heavy atom. The van der Waals surface area contributed by atoms with Gasteiger partial charge < -0.3 is 11.1 Å². The molecule has 0 bridgehead atoms. The van der Waals surface area contributed by atoms with Gasteiger partial charge in [-0.1, -0.05) is 23.7 Å². The highest BCUT2D eigenvalue weighted by Gasteiger charge is 2.29. The van der Waals surface area contributed by atoms with Gasteiger partial charge in [-0.05, 0) is 31.5 Å². The zero-order chi connectivity index (χ0) is 12.2. The van der Waals surface area contributed by atoms with E-state index in [9.17, 15) is 4.79 Å². The lowest BCUT2D eigenvalue weighted by Crippen LogP contribution is -2.42. The number of carbonyl (C=O) groups excluding carboxylic acids is 1. The molecule has 1 amide bonds. The third-order valence-corrected chi connectivity index (χ3v) is 2.82. The summed E-state index contributed by atoms with van der Waals surface area (Å²) in [4.78, 5) is 11.9. The van der Waals surface area contributed by atoms with E-state index in [0.29, 0.717) is 18.1 Å². The van der Waals surface area contributed by atoms with Crippen molar-refractivity contribution in [2.45, 2.75) is 19.3 Å². The molecule has 0 spiro atoms. The smallest absolute Gasteiger partial charge is 0.230 e.